The van der Waals surface area contributed by atoms with E-state index in [9.17, 15) is 0 Å². The van der Waals surface area contributed by atoms with Crippen LogP contribution in [0.15, 0.2) is 6.07 Å². The molecule has 4 nitrogen and oxygen atoms in total. The average Bonchev–Trinajstić information content (AvgIpc) is 2.29. The van der Waals surface area contributed by atoms with Crippen LogP contribution in [0, 0.1) is 0 Å². The summed E-state index contributed by atoms with van der Waals surface area (Å²) in [6.45, 7) is 4.21. The molecule has 0 atom stereocenters. The number of hydrogen-bond donors (Lipinski definition) is 1. The molecule has 94 valence electrons. The van der Waals surface area contributed by atoms with E-state index in [-0.39, 0.29) is 0 Å². The number of aromatic nitrogens is 2. The van der Waals surface area contributed by atoms with Gasteiger partial charge in [0.2, 0.25) is 5.95 Å². The van der Waals surface area contributed by atoms with E-state index in [0.717, 1.165) is 13.1 Å². The molecule has 1 saturated heterocycles. The smallest absolute Gasteiger partial charge is 0.225 e. The molecule has 1 fully saturated rings. The standard InChI is InChI=1S/C11H16Cl2N4/c12-9-8-10(13)16-11(15-9)14-4-7-17-5-2-1-3-6-17/h8H,1-7H2,(H,14,15,16). The van der Waals surface area contributed by atoms with Gasteiger partial charge < -0.3 is 10.2 Å². The molecule has 0 radical (unpaired) electrons. The molecule has 0 aromatic carbocycles. The molecule has 6 heteroatoms. The van der Waals surface area contributed by atoms with Crippen LogP contribution in [0.3, 0.4) is 0 Å². The highest BCUT2D eigenvalue weighted by molar-refractivity contribution is 6.33. The summed E-state index contributed by atoms with van der Waals surface area (Å²) in [6, 6.07) is 1.53. The van der Waals surface area contributed by atoms with Crippen molar-refractivity contribution in [2.75, 3.05) is 31.5 Å². The summed E-state index contributed by atoms with van der Waals surface area (Å²) in [4.78, 5) is 10.6. The lowest BCUT2D eigenvalue weighted by Crippen LogP contribution is -2.33. The third-order valence-electron chi connectivity index (χ3n) is 2.82. The molecular weight excluding hydrogens is 259 g/mol. The minimum absolute atomic E-state index is 0.366. The Hall–Kier alpha value is -0.580. The number of hydrogen-bond acceptors (Lipinski definition) is 4. The van der Waals surface area contributed by atoms with Crippen LogP contribution in [-0.2, 0) is 0 Å². The topological polar surface area (TPSA) is 41.1 Å². The first-order valence-electron chi connectivity index (χ1n) is 5.90. The van der Waals surface area contributed by atoms with Crippen molar-refractivity contribution in [3.05, 3.63) is 16.4 Å². The molecule has 2 rings (SSSR count). The van der Waals surface area contributed by atoms with E-state index in [2.05, 4.69) is 20.2 Å². The van der Waals surface area contributed by atoms with Crippen LogP contribution >= 0.6 is 23.2 Å². The molecule has 0 aliphatic carbocycles. The van der Waals surface area contributed by atoms with Crippen molar-refractivity contribution in [3.63, 3.8) is 0 Å². The summed E-state index contributed by atoms with van der Waals surface area (Å²) in [6.07, 6.45) is 3.97. The van der Waals surface area contributed by atoms with E-state index in [1.54, 1.807) is 0 Å². The number of halogens is 2. The quantitative estimate of drug-likeness (QED) is 0.858. The Labute approximate surface area is 111 Å². The zero-order valence-corrected chi connectivity index (χ0v) is 11.1. The van der Waals surface area contributed by atoms with Gasteiger partial charge in [-0.1, -0.05) is 29.6 Å². The Kier molecular flexibility index (Phi) is 4.83. The first kappa shape index (κ1) is 12.9. The second kappa shape index (κ2) is 6.38. The third-order valence-corrected chi connectivity index (χ3v) is 3.21. The molecule has 1 aromatic rings. The first-order chi connectivity index (χ1) is 8.24. The maximum atomic E-state index is 5.79. The number of nitrogens with one attached hydrogen (secondary N) is 1. The normalized spacial score (nSPS) is 17.1. The van der Waals surface area contributed by atoms with Gasteiger partial charge in [0.25, 0.3) is 0 Å². The number of likely N-dealkylation sites (tertiary alicyclic amines) is 1. The average molecular weight is 275 g/mol. The number of nitrogens with zero attached hydrogens (tertiary/aromatic N) is 3. The molecule has 1 aliphatic rings. The monoisotopic (exact) mass is 274 g/mol. The highest BCUT2D eigenvalue weighted by Gasteiger charge is 2.09. The molecule has 1 aromatic heterocycles. The van der Waals surface area contributed by atoms with Crippen molar-refractivity contribution < 1.29 is 0 Å². The van der Waals surface area contributed by atoms with Gasteiger partial charge in [0, 0.05) is 19.2 Å². The SMILES string of the molecule is Clc1cc(Cl)nc(NCCN2CCCCC2)n1. The Morgan fingerprint density at radius 2 is 1.76 bits per heavy atom. The molecular formula is C11H16Cl2N4. The zero-order valence-electron chi connectivity index (χ0n) is 9.62. The fourth-order valence-corrected chi connectivity index (χ4v) is 2.40. The molecule has 0 bridgehead atoms. The molecule has 0 spiro atoms. The Morgan fingerprint density at radius 3 is 2.41 bits per heavy atom. The maximum absolute atomic E-state index is 5.79. The van der Waals surface area contributed by atoms with Crippen LogP contribution < -0.4 is 5.32 Å². The van der Waals surface area contributed by atoms with Gasteiger partial charge in [-0.3, -0.25) is 0 Å². The predicted molar refractivity (Wildman–Crippen MR) is 70.8 cm³/mol. The lowest BCUT2D eigenvalue weighted by molar-refractivity contribution is 0.237. The van der Waals surface area contributed by atoms with Gasteiger partial charge in [0.15, 0.2) is 0 Å². The summed E-state index contributed by atoms with van der Waals surface area (Å²) >= 11 is 11.6. The van der Waals surface area contributed by atoms with Crippen LogP contribution in [0.1, 0.15) is 19.3 Å². The van der Waals surface area contributed by atoms with Crippen molar-refractivity contribution in [2.45, 2.75) is 19.3 Å². The Morgan fingerprint density at radius 1 is 1.12 bits per heavy atom. The molecule has 1 N–H and O–H groups in total. The van der Waals surface area contributed by atoms with E-state index in [1.807, 2.05) is 0 Å². The molecule has 0 saturated carbocycles. The number of piperidine rings is 1. The molecule has 1 aliphatic heterocycles. The minimum atomic E-state index is 0.366. The van der Waals surface area contributed by atoms with E-state index >= 15 is 0 Å². The summed E-state index contributed by atoms with van der Waals surface area (Å²) in [7, 11) is 0. The van der Waals surface area contributed by atoms with Crippen LogP contribution in [-0.4, -0.2) is 41.0 Å². The van der Waals surface area contributed by atoms with E-state index in [0.29, 0.717) is 16.3 Å². The lowest BCUT2D eigenvalue weighted by atomic mass is 10.1. The summed E-state index contributed by atoms with van der Waals surface area (Å²) in [5.41, 5.74) is 0. The van der Waals surface area contributed by atoms with Gasteiger partial charge in [-0.15, -0.1) is 0 Å². The second-order valence-corrected chi connectivity index (χ2v) is 4.94. The molecule has 0 unspecified atom stereocenters. The largest absolute Gasteiger partial charge is 0.353 e. The Balaban J connectivity index is 1.77. The summed E-state index contributed by atoms with van der Waals surface area (Å²) in [5.74, 6) is 0.500. The van der Waals surface area contributed by atoms with Crippen LogP contribution in [0.25, 0.3) is 0 Å². The highest BCUT2D eigenvalue weighted by atomic mass is 35.5. The van der Waals surface area contributed by atoms with Gasteiger partial charge in [-0.25, -0.2) is 9.97 Å². The van der Waals surface area contributed by atoms with Crippen molar-refractivity contribution >= 4 is 29.2 Å². The first-order valence-corrected chi connectivity index (χ1v) is 6.66. The third kappa shape index (κ3) is 4.30. The van der Waals surface area contributed by atoms with Crippen molar-refractivity contribution in [3.8, 4) is 0 Å². The lowest BCUT2D eigenvalue weighted by Gasteiger charge is -2.26. The molecule has 2 heterocycles. The van der Waals surface area contributed by atoms with Gasteiger partial charge in [0.1, 0.15) is 10.3 Å². The fourth-order valence-electron chi connectivity index (χ4n) is 1.98. The summed E-state index contributed by atoms with van der Waals surface area (Å²) < 4.78 is 0. The fraction of sp³-hybridized carbons (Fsp3) is 0.636. The van der Waals surface area contributed by atoms with Gasteiger partial charge in [-0.2, -0.15) is 0 Å². The van der Waals surface area contributed by atoms with Gasteiger partial charge in [-0.05, 0) is 25.9 Å². The molecule has 0 amide bonds. The maximum Gasteiger partial charge on any atom is 0.225 e. The Bertz CT molecular complexity index is 346. The molecule has 17 heavy (non-hydrogen) atoms. The van der Waals surface area contributed by atoms with E-state index in [1.165, 1.54) is 38.4 Å². The van der Waals surface area contributed by atoms with Crippen LogP contribution in [0.4, 0.5) is 5.95 Å². The number of anilines is 1. The number of rotatable bonds is 4. The minimum Gasteiger partial charge on any atom is -0.353 e. The van der Waals surface area contributed by atoms with E-state index < -0.39 is 0 Å². The van der Waals surface area contributed by atoms with E-state index in [4.69, 9.17) is 23.2 Å². The van der Waals surface area contributed by atoms with Crippen molar-refractivity contribution in [1.29, 1.82) is 0 Å². The summed E-state index contributed by atoms with van der Waals surface area (Å²) in [5, 5.41) is 3.87. The van der Waals surface area contributed by atoms with Gasteiger partial charge >= 0.3 is 0 Å². The van der Waals surface area contributed by atoms with Crippen molar-refractivity contribution in [1.82, 2.24) is 14.9 Å². The second-order valence-electron chi connectivity index (χ2n) is 4.17. The highest BCUT2D eigenvalue weighted by Crippen LogP contribution is 2.14. The van der Waals surface area contributed by atoms with Crippen molar-refractivity contribution in [2.24, 2.45) is 0 Å². The van der Waals surface area contributed by atoms with Crippen LogP contribution in [0.5, 0.6) is 0 Å². The zero-order chi connectivity index (χ0) is 12.1. The van der Waals surface area contributed by atoms with Gasteiger partial charge in [0.05, 0.1) is 0 Å². The van der Waals surface area contributed by atoms with Crippen LogP contribution in [0.2, 0.25) is 10.3 Å². The predicted octanol–water partition coefficient (Wildman–Crippen LogP) is 2.68.